The minimum atomic E-state index is -2.87. The smallest absolute Gasteiger partial charge is 0.331 e. The predicted molar refractivity (Wildman–Crippen MR) is 58.5 cm³/mol. The van der Waals surface area contributed by atoms with Crippen LogP contribution in [0.5, 0.6) is 0 Å². The Kier molecular flexibility index (Phi) is 2.44. The highest BCUT2D eigenvalue weighted by Gasteiger charge is 2.43. The van der Waals surface area contributed by atoms with Crippen LogP contribution in [-0.4, -0.2) is 49.4 Å². The van der Waals surface area contributed by atoms with Crippen LogP contribution in [0, 0.1) is 5.41 Å². The molecule has 1 aromatic rings. The molecule has 0 aliphatic carbocycles. The molecule has 1 saturated heterocycles. The van der Waals surface area contributed by atoms with Gasteiger partial charge in [-0.15, -0.1) is 0 Å². The number of aliphatic hydroxyl groups excluding tert-OH is 3. The average Bonchev–Trinajstić information content (AvgIpc) is 2.65. The first-order valence-electron chi connectivity index (χ1n) is 6.70. The second-order valence-corrected chi connectivity index (χ2v) is 3.96. The maximum Gasteiger partial charge on any atom is 0.331 e. The first kappa shape index (κ1) is 9.45. The minimum Gasteiger partial charge on any atom is -0.394 e. The van der Waals surface area contributed by atoms with Crippen LogP contribution in [0.15, 0.2) is 17.1 Å². The molecule has 8 nitrogen and oxygen atoms in total. The van der Waals surface area contributed by atoms with E-state index in [1.807, 2.05) is 0 Å². The molecule has 0 saturated carbocycles. The number of nitrogens with one attached hydrogen (secondary N) is 1. The van der Waals surface area contributed by atoms with Gasteiger partial charge in [-0.1, -0.05) is 0 Å². The van der Waals surface area contributed by atoms with Crippen molar-refractivity contribution < 1.29 is 24.2 Å². The van der Waals surface area contributed by atoms with E-state index in [-0.39, 0.29) is 4.57 Å². The zero-order chi connectivity index (χ0) is 15.9. The van der Waals surface area contributed by atoms with E-state index in [4.69, 9.17) is 19.4 Å². The van der Waals surface area contributed by atoms with Gasteiger partial charge < -0.3 is 20.1 Å². The molecule has 0 aromatic carbocycles. The summed E-state index contributed by atoms with van der Waals surface area (Å²) in [6.07, 6.45) is -4.27. The molecule has 2 rings (SSSR count). The van der Waals surface area contributed by atoms with Gasteiger partial charge in [0.05, 0.1) is 6.61 Å². The summed E-state index contributed by atoms with van der Waals surface area (Å²) in [4.78, 5) is 12.2. The number of rotatable bonds is 2. The molecule has 100 valence electrons. The highest BCUT2D eigenvalue weighted by Crippen LogP contribution is 2.27. The number of aromatic nitrogens is 2. The van der Waals surface area contributed by atoms with E-state index in [0.29, 0.717) is 0 Å². The van der Waals surface area contributed by atoms with Gasteiger partial charge >= 0.3 is 5.69 Å². The fraction of sp³-hybridized carbons (Fsp3) is 0.600. The highest BCUT2D eigenvalue weighted by atomic mass is 16.6. The van der Waals surface area contributed by atoms with Crippen molar-refractivity contribution in [1.29, 1.82) is 5.41 Å². The lowest BCUT2D eigenvalue weighted by Gasteiger charge is -2.18. The molecule has 1 aliphatic rings. The van der Waals surface area contributed by atoms with Gasteiger partial charge in [0.1, 0.15) is 23.8 Å². The summed E-state index contributed by atoms with van der Waals surface area (Å²) in [5.74, 6) is 0. The molecule has 0 unspecified atom stereocenters. The lowest BCUT2D eigenvalue weighted by molar-refractivity contribution is -0.0555. The van der Waals surface area contributed by atoms with Crippen LogP contribution in [0.3, 0.4) is 0 Å². The molecule has 0 spiro atoms. The molecule has 4 N–H and O–H groups in total. The van der Waals surface area contributed by atoms with Crippen LogP contribution in [0.1, 0.15) is 10.3 Å². The van der Waals surface area contributed by atoms with E-state index < -0.39 is 49.3 Å². The molecule has 1 fully saturated rings. The summed E-state index contributed by atoms with van der Waals surface area (Å²) >= 11 is 0. The summed E-state index contributed by atoms with van der Waals surface area (Å²) < 4.78 is 28.0. The first-order chi connectivity index (χ1) is 9.68. The second-order valence-electron chi connectivity index (χ2n) is 3.96. The standard InChI is InChI=1S/C10H15N3O5/c1-12-6(11)2-3-13(10(12)17)9-8(16)7(15)5(4-14)18-9/h2-3,5,7-9,11,14-16H,4H2,1H3/t5-,7+,8+,9-/m1/s1/i1D3. The third-order valence-electron chi connectivity index (χ3n) is 2.84. The van der Waals surface area contributed by atoms with Crippen LogP contribution in [0.25, 0.3) is 0 Å². The number of hydrogen-bond acceptors (Lipinski definition) is 6. The third kappa shape index (κ3) is 1.89. The zero-order valence-corrected chi connectivity index (χ0v) is 9.22. The average molecular weight is 260 g/mol. The largest absolute Gasteiger partial charge is 0.394 e. The van der Waals surface area contributed by atoms with E-state index in [0.717, 1.165) is 16.8 Å². The Hall–Kier alpha value is -1.48. The van der Waals surface area contributed by atoms with Gasteiger partial charge in [0, 0.05) is 17.3 Å². The van der Waals surface area contributed by atoms with Crippen LogP contribution >= 0.6 is 0 Å². The summed E-state index contributed by atoms with van der Waals surface area (Å²) in [6.45, 7) is -3.44. The molecule has 0 amide bonds. The summed E-state index contributed by atoms with van der Waals surface area (Å²) in [7, 11) is 0. The molecule has 0 bridgehead atoms. The summed E-state index contributed by atoms with van der Waals surface area (Å²) in [5, 5.41) is 36.0. The monoisotopic (exact) mass is 260 g/mol. The van der Waals surface area contributed by atoms with Crippen molar-refractivity contribution in [1.82, 2.24) is 9.13 Å². The van der Waals surface area contributed by atoms with Gasteiger partial charge in [-0.25, -0.2) is 4.79 Å². The molecule has 4 atom stereocenters. The van der Waals surface area contributed by atoms with Crippen molar-refractivity contribution in [3.8, 4) is 0 Å². The van der Waals surface area contributed by atoms with Crippen LogP contribution in [0.4, 0.5) is 0 Å². The Morgan fingerprint density at radius 2 is 2.28 bits per heavy atom. The Balaban J connectivity index is 2.53. The topological polar surface area (TPSA) is 121 Å². The number of ether oxygens (including phenoxy) is 1. The molecule has 18 heavy (non-hydrogen) atoms. The van der Waals surface area contributed by atoms with Gasteiger partial charge in [0.25, 0.3) is 0 Å². The van der Waals surface area contributed by atoms with E-state index in [1.165, 1.54) is 0 Å². The second kappa shape index (κ2) is 4.65. The fourth-order valence-electron chi connectivity index (χ4n) is 1.81. The van der Waals surface area contributed by atoms with Crippen molar-refractivity contribution in [3.05, 3.63) is 28.2 Å². The maximum absolute atomic E-state index is 12.2. The lowest BCUT2D eigenvalue weighted by Crippen LogP contribution is -2.41. The van der Waals surface area contributed by atoms with E-state index in [2.05, 4.69) is 0 Å². The fourth-order valence-corrected chi connectivity index (χ4v) is 1.81. The van der Waals surface area contributed by atoms with Crippen LogP contribution < -0.4 is 11.2 Å². The van der Waals surface area contributed by atoms with Crippen molar-refractivity contribution in [3.63, 3.8) is 0 Å². The number of aliphatic hydroxyl groups is 3. The van der Waals surface area contributed by atoms with Gasteiger partial charge in [-0.05, 0) is 6.07 Å². The van der Waals surface area contributed by atoms with E-state index in [1.54, 1.807) is 0 Å². The van der Waals surface area contributed by atoms with Gasteiger partial charge in [0.15, 0.2) is 6.23 Å². The Bertz CT molecular complexity index is 640. The van der Waals surface area contributed by atoms with Crippen molar-refractivity contribution in [2.75, 3.05) is 6.61 Å². The molecular formula is C10H15N3O5. The lowest BCUT2D eigenvalue weighted by atomic mass is 10.1. The maximum atomic E-state index is 12.2. The molecule has 1 aliphatic heterocycles. The van der Waals surface area contributed by atoms with Crippen molar-refractivity contribution >= 4 is 0 Å². The molecule has 8 heteroatoms. The normalized spacial score (nSPS) is 34.9. The molecule has 0 radical (unpaired) electrons. The van der Waals surface area contributed by atoms with E-state index >= 15 is 0 Å². The quantitative estimate of drug-likeness (QED) is 0.460. The molecule has 1 aromatic heterocycles. The van der Waals surface area contributed by atoms with Crippen molar-refractivity contribution in [2.24, 2.45) is 6.98 Å². The third-order valence-corrected chi connectivity index (χ3v) is 2.84. The Morgan fingerprint density at radius 3 is 2.83 bits per heavy atom. The van der Waals surface area contributed by atoms with E-state index in [9.17, 15) is 15.0 Å². The van der Waals surface area contributed by atoms with Gasteiger partial charge in [-0.3, -0.25) is 14.5 Å². The van der Waals surface area contributed by atoms with Crippen LogP contribution in [0.2, 0.25) is 0 Å². The first-order valence-corrected chi connectivity index (χ1v) is 5.20. The van der Waals surface area contributed by atoms with Crippen LogP contribution in [-0.2, 0) is 11.7 Å². The summed E-state index contributed by atoms with van der Waals surface area (Å²) in [5.41, 5.74) is -1.61. The minimum absolute atomic E-state index is 0.266. The SMILES string of the molecule is [2H]C([2H])([2H])n1c(=N)ccn([C@@H]2O[C@H](CO)[C@H](O)[C@@H]2O)c1=O. The molecular weight excluding hydrogens is 242 g/mol. The highest BCUT2D eigenvalue weighted by molar-refractivity contribution is 4.93. The Morgan fingerprint density at radius 1 is 1.56 bits per heavy atom. The number of nitrogens with zero attached hydrogens (tertiary/aromatic N) is 2. The zero-order valence-electron chi connectivity index (χ0n) is 12.2. The van der Waals surface area contributed by atoms with Gasteiger partial charge in [0.2, 0.25) is 0 Å². The predicted octanol–water partition coefficient (Wildman–Crippen LogP) is -2.72. The number of hydrogen-bond donors (Lipinski definition) is 4. The summed E-state index contributed by atoms with van der Waals surface area (Å²) in [6, 6.07) is 1.06. The molecule has 2 heterocycles. The Labute approximate surface area is 106 Å². The van der Waals surface area contributed by atoms with Gasteiger partial charge in [-0.2, -0.15) is 0 Å². The van der Waals surface area contributed by atoms with Crippen molar-refractivity contribution in [2.45, 2.75) is 24.5 Å².